The molecule has 0 saturated heterocycles. The number of nitrogens with one attached hydrogen (secondary N) is 1. The molecule has 0 fully saturated rings. The molecule has 0 spiro atoms. The maximum Gasteiger partial charge on any atom is 0.247 e. The highest BCUT2D eigenvalue weighted by molar-refractivity contribution is 7.98. The second-order valence-corrected chi connectivity index (χ2v) is 6.12. The Bertz CT molecular complexity index is 902. The van der Waals surface area contributed by atoms with Crippen LogP contribution in [0, 0.1) is 6.92 Å². The first-order valence-electron chi connectivity index (χ1n) is 7.49. The van der Waals surface area contributed by atoms with E-state index in [1.807, 2.05) is 55.6 Å². The van der Waals surface area contributed by atoms with E-state index in [0.29, 0.717) is 16.7 Å². The molecule has 3 heterocycles. The quantitative estimate of drug-likeness (QED) is 0.718. The van der Waals surface area contributed by atoms with Crippen LogP contribution in [-0.4, -0.2) is 26.4 Å². The van der Waals surface area contributed by atoms with Gasteiger partial charge in [0.1, 0.15) is 5.69 Å². The number of benzene rings is 1. The number of pyridine rings is 1. The number of para-hydroxylation sites is 1. The third-order valence-electron chi connectivity index (χ3n) is 3.69. The Labute approximate surface area is 143 Å². The first-order valence-corrected chi connectivity index (χ1v) is 8.72. The van der Waals surface area contributed by atoms with Gasteiger partial charge in [-0.1, -0.05) is 36.0 Å². The maximum absolute atomic E-state index is 6.12. The number of ether oxygens (including phenoxy) is 1. The first kappa shape index (κ1) is 14.9. The van der Waals surface area contributed by atoms with Gasteiger partial charge >= 0.3 is 0 Å². The fourth-order valence-corrected chi connectivity index (χ4v) is 2.87. The van der Waals surface area contributed by atoms with Gasteiger partial charge in [0.15, 0.2) is 5.69 Å². The molecule has 1 aromatic carbocycles. The number of fused-ring (bicyclic) bond motifs is 3. The molecule has 0 unspecified atom stereocenters. The molecule has 24 heavy (non-hydrogen) atoms. The minimum atomic E-state index is -0.446. The van der Waals surface area contributed by atoms with Gasteiger partial charge in [-0.15, -0.1) is 10.2 Å². The van der Waals surface area contributed by atoms with E-state index >= 15 is 0 Å². The zero-order valence-electron chi connectivity index (χ0n) is 13.2. The summed E-state index contributed by atoms with van der Waals surface area (Å²) < 4.78 is 6.12. The van der Waals surface area contributed by atoms with E-state index in [4.69, 9.17) is 4.74 Å². The lowest BCUT2D eigenvalue weighted by Crippen LogP contribution is -2.18. The Morgan fingerprint density at radius 2 is 1.92 bits per heavy atom. The molecule has 6 nitrogen and oxygen atoms in total. The summed E-state index contributed by atoms with van der Waals surface area (Å²) in [6.07, 6.45) is 1.46. The number of anilines is 1. The molecule has 120 valence electrons. The van der Waals surface area contributed by atoms with E-state index in [2.05, 4.69) is 25.5 Å². The molecule has 3 aromatic rings. The smallest absolute Gasteiger partial charge is 0.247 e. The van der Waals surface area contributed by atoms with Gasteiger partial charge in [0.05, 0.1) is 0 Å². The largest absolute Gasteiger partial charge is 0.446 e. The van der Waals surface area contributed by atoms with Crippen LogP contribution in [0.4, 0.5) is 5.69 Å². The van der Waals surface area contributed by atoms with Gasteiger partial charge in [-0.05, 0) is 31.4 Å². The predicted molar refractivity (Wildman–Crippen MR) is 93.0 cm³/mol. The minimum Gasteiger partial charge on any atom is -0.446 e. The zero-order valence-corrected chi connectivity index (χ0v) is 14.0. The lowest BCUT2D eigenvalue weighted by Gasteiger charge is -2.18. The van der Waals surface area contributed by atoms with Crippen molar-refractivity contribution in [1.29, 1.82) is 0 Å². The molecule has 1 atom stereocenters. The number of aryl methyl sites for hydroxylation is 1. The van der Waals surface area contributed by atoms with Crippen LogP contribution in [0.15, 0.2) is 47.6 Å². The summed E-state index contributed by atoms with van der Waals surface area (Å²) in [4.78, 5) is 9.06. The average Bonchev–Trinajstić information content (AvgIpc) is 2.78. The molecular weight excluding hydrogens is 322 g/mol. The number of nitrogens with zero attached hydrogens (tertiary/aromatic N) is 4. The van der Waals surface area contributed by atoms with E-state index in [9.17, 15) is 0 Å². The van der Waals surface area contributed by atoms with E-state index in [0.717, 1.165) is 22.6 Å². The van der Waals surface area contributed by atoms with Gasteiger partial charge < -0.3 is 10.1 Å². The van der Waals surface area contributed by atoms with Crippen LogP contribution in [0.2, 0.25) is 0 Å². The Morgan fingerprint density at radius 1 is 1.04 bits per heavy atom. The van der Waals surface area contributed by atoms with Gasteiger partial charge in [0.25, 0.3) is 0 Å². The lowest BCUT2D eigenvalue weighted by molar-refractivity contribution is 0.220. The van der Waals surface area contributed by atoms with E-state index in [1.54, 1.807) is 0 Å². The molecule has 7 heteroatoms. The van der Waals surface area contributed by atoms with Crippen LogP contribution >= 0.6 is 11.8 Å². The van der Waals surface area contributed by atoms with Crippen LogP contribution < -0.4 is 10.1 Å². The highest BCUT2D eigenvalue weighted by Gasteiger charge is 2.26. The zero-order chi connectivity index (χ0) is 16.5. The lowest BCUT2D eigenvalue weighted by atomic mass is 10.1. The molecule has 2 aromatic heterocycles. The van der Waals surface area contributed by atoms with Crippen LogP contribution in [0.5, 0.6) is 5.88 Å². The molecular formula is C17H15N5OS. The van der Waals surface area contributed by atoms with E-state index in [-0.39, 0.29) is 0 Å². The maximum atomic E-state index is 6.12. The minimum absolute atomic E-state index is 0.446. The number of rotatable bonds is 2. The third kappa shape index (κ3) is 2.67. The summed E-state index contributed by atoms with van der Waals surface area (Å²) >= 11 is 1.43. The number of thioether (sulfide) groups is 1. The fourth-order valence-electron chi connectivity index (χ4n) is 2.58. The Kier molecular flexibility index (Phi) is 3.78. The predicted octanol–water partition coefficient (Wildman–Crippen LogP) is 3.47. The molecule has 1 aliphatic heterocycles. The second-order valence-electron chi connectivity index (χ2n) is 5.34. The Balaban J connectivity index is 1.87. The topological polar surface area (TPSA) is 72.8 Å². The van der Waals surface area contributed by atoms with Crippen molar-refractivity contribution < 1.29 is 4.74 Å². The van der Waals surface area contributed by atoms with E-state index < -0.39 is 6.23 Å². The normalized spacial score (nSPS) is 15.5. The standard InChI is InChI=1S/C17H15N5OS/c1-10-6-5-9-13(18-10)15-19-12-8-4-3-7-11(12)14-16(23-15)20-17(24-2)22-21-14/h3-9,15,19H,1-2H3/t15-/m1/s1. The third-order valence-corrected chi connectivity index (χ3v) is 4.23. The molecule has 4 rings (SSSR count). The van der Waals surface area contributed by atoms with E-state index in [1.165, 1.54) is 11.8 Å². The summed E-state index contributed by atoms with van der Waals surface area (Å²) in [5.41, 5.74) is 4.18. The van der Waals surface area contributed by atoms with Crippen molar-refractivity contribution in [3.8, 4) is 17.1 Å². The van der Waals surface area contributed by atoms with Crippen molar-refractivity contribution in [3.05, 3.63) is 53.9 Å². The van der Waals surface area contributed by atoms with Crippen molar-refractivity contribution in [2.45, 2.75) is 18.3 Å². The van der Waals surface area contributed by atoms with Gasteiger partial charge in [-0.25, -0.2) is 0 Å². The first-order chi connectivity index (χ1) is 11.7. The van der Waals surface area contributed by atoms with Crippen LogP contribution in [-0.2, 0) is 0 Å². The summed E-state index contributed by atoms with van der Waals surface area (Å²) in [7, 11) is 0. The number of hydrogen-bond donors (Lipinski definition) is 1. The second kappa shape index (κ2) is 6.09. The molecule has 1 N–H and O–H groups in total. The summed E-state index contributed by atoms with van der Waals surface area (Å²) in [6.45, 7) is 1.96. The molecule has 0 bridgehead atoms. The number of hydrogen-bond acceptors (Lipinski definition) is 7. The molecule has 0 aliphatic carbocycles. The summed E-state index contributed by atoms with van der Waals surface area (Å²) in [6, 6.07) is 13.7. The van der Waals surface area contributed by atoms with Crippen molar-refractivity contribution in [2.24, 2.45) is 0 Å². The van der Waals surface area contributed by atoms with Gasteiger partial charge in [0, 0.05) is 16.9 Å². The monoisotopic (exact) mass is 337 g/mol. The Morgan fingerprint density at radius 3 is 2.75 bits per heavy atom. The van der Waals surface area contributed by atoms with Crippen LogP contribution in [0.1, 0.15) is 17.6 Å². The number of aromatic nitrogens is 4. The molecule has 0 amide bonds. The molecule has 0 radical (unpaired) electrons. The van der Waals surface area contributed by atoms with Crippen molar-refractivity contribution in [2.75, 3.05) is 11.6 Å². The molecule has 0 saturated carbocycles. The van der Waals surface area contributed by atoms with Gasteiger partial charge in [-0.3, -0.25) is 4.98 Å². The van der Waals surface area contributed by atoms with Crippen molar-refractivity contribution >= 4 is 17.4 Å². The molecule has 1 aliphatic rings. The Hall–Kier alpha value is -2.67. The SMILES string of the molecule is CSc1nnc2c(n1)O[C@H](c1cccc(C)n1)Nc1ccccc1-2. The van der Waals surface area contributed by atoms with Crippen LogP contribution in [0.25, 0.3) is 11.3 Å². The van der Waals surface area contributed by atoms with Crippen LogP contribution in [0.3, 0.4) is 0 Å². The van der Waals surface area contributed by atoms with Crippen molar-refractivity contribution in [1.82, 2.24) is 20.2 Å². The van der Waals surface area contributed by atoms with Gasteiger partial charge in [-0.2, -0.15) is 4.98 Å². The average molecular weight is 337 g/mol. The summed E-state index contributed by atoms with van der Waals surface area (Å²) in [5, 5.41) is 12.4. The van der Waals surface area contributed by atoms with Crippen molar-refractivity contribution in [3.63, 3.8) is 0 Å². The highest BCUT2D eigenvalue weighted by Crippen LogP contribution is 2.38. The summed E-state index contributed by atoms with van der Waals surface area (Å²) in [5.74, 6) is 0.458. The van der Waals surface area contributed by atoms with Gasteiger partial charge in [0.2, 0.25) is 17.3 Å². The highest BCUT2D eigenvalue weighted by atomic mass is 32.2. The fraction of sp³-hybridized carbons (Fsp3) is 0.176.